The number of rotatable bonds is 6. The third kappa shape index (κ3) is 4.07. The zero-order valence-corrected chi connectivity index (χ0v) is 12.0. The number of anilines is 1. The Kier molecular flexibility index (Phi) is 5.14. The molecule has 2 aromatic rings. The minimum absolute atomic E-state index is 0.0385. The summed E-state index contributed by atoms with van der Waals surface area (Å²) in [6.45, 7) is 0. The van der Waals surface area contributed by atoms with Crippen molar-refractivity contribution in [1.82, 2.24) is 4.98 Å². The Morgan fingerprint density at radius 1 is 1.40 bits per heavy atom. The van der Waals surface area contributed by atoms with Gasteiger partial charge in [0.15, 0.2) is 0 Å². The lowest BCUT2D eigenvalue weighted by Crippen LogP contribution is -2.16. The molecular formula is C13H12N2O3S2. The van der Waals surface area contributed by atoms with Crippen molar-refractivity contribution in [2.24, 2.45) is 0 Å². The second-order valence-electron chi connectivity index (χ2n) is 3.85. The van der Waals surface area contributed by atoms with Gasteiger partial charge in [-0.2, -0.15) is 0 Å². The average Bonchev–Trinajstić information content (AvgIpc) is 2.92. The number of amides is 1. The highest BCUT2D eigenvalue weighted by Gasteiger charge is 2.12. The van der Waals surface area contributed by atoms with Crippen molar-refractivity contribution in [2.45, 2.75) is 5.75 Å². The molecule has 0 aromatic carbocycles. The summed E-state index contributed by atoms with van der Waals surface area (Å²) in [5, 5.41) is 13.6. The lowest BCUT2D eigenvalue weighted by atomic mass is 10.2. The number of pyridine rings is 1. The Bertz CT molecular complexity index is 599. The first-order valence-electron chi connectivity index (χ1n) is 5.74. The van der Waals surface area contributed by atoms with E-state index in [1.165, 1.54) is 35.1 Å². The van der Waals surface area contributed by atoms with E-state index in [1.807, 2.05) is 17.5 Å². The summed E-state index contributed by atoms with van der Waals surface area (Å²) < 4.78 is 0. The molecule has 0 saturated heterocycles. The Labute approximate surface area is 124 Å². The van der Waals surface area contributed by atoms with Crippen LogP contribution >= 0.6 is 23.1 Å². The quantitative estimate of drug-likeness (QED) is 0.857. The molecule has 0 aliphatic carbocycles. The molecule has 0 aliphatic rings. The normalized spacial score (nSPS) is 10.2. The molecule has 0 saturated carbocycles. The van der Waals surface area contributed by atoms with Crippen LogP contribution in [-0.4, -0.2) is 27.7 Å². The van der Waals surface area contributed by atoms with Gasteiger partial charge in [-0.05, 0) is 17.5 Å². The number of thioether (sulfide) groups is 1. The number of hydrogen-bond donors (Lipinski definition) is 2. The number of aromatic nitrogens is 1. The van der Waals surface area contributed by atoms with Gasteiger partial charge in [0.05, 0.1) is 23.2 Å². The van der Waals surface area contributed by atoms with Gasteiger partial charge in [0.2, 0.25) is 5.91 Å². The maximum Gasteiger partial charge on any atom is 0.337 e. The Hall–Kier alpha value is -1.86. The molecular weight excluding hydrogens is 296 g/mol. The highest BCUT2D eigenvalue weighted by molar-refractivity contribution is 7.99. The predicted octanol–water partition coefficient (Wildman–Crippen LogP) is 2.71. The van der Waals surface area contributed by atoms with Crippen molar-refractivity contribution < 1.29 is 14.7 Å². The number of aromatic carboxylic acids is 1. The van der Waals surface area contributed by atoms with Gasteiger partial charge < -0.3 is 10.4 Å². The lowest BCUT2D eigenvalue weighted by molar-refractivity contribution is -0.113. The maximum atomic E-state index is 11.8. The van der Waals surface area contributed by atoms with Crippen LogP contribution in [0.5, 0.6) is 0 Å². The van der Waals surface area contributed by atoms with Crippen molar-refractivity contribution in [1.29, 1.82) is 0 Å². The molecule has 20 heavy (non-hydrogen) atoms. The fourth-order valence-electron chi connectivity index (χ4n) is 1.51. The van der Waals surface area contributed by atoms with E-state index in [0.717, 1.165) is 5.75 Å². The summed E-state index contributed by atoms with van der Waals surface area (Å²) in [7, 11) is 0. The van der Waals surface area contributed by atoms with E-state index in [0.29, 0.717) is 0 Å². The number of carbonyl (C=O) groups excluding carboxylic acids is 1. The van der Waals surface area contributed by atoms with Gasteiger partial charge in [-0.25, -0.2) is 4.79 Å². The molecule has 0 aliphatic heterocycles. The van der Waals surface area contributed by atoms with E-state index in [4.69, 9.17) is 5.11 Å². The first-order chi connectivity index (χ1) is 9.66. The number of hydrogen-bond acceptors (Lipinski definition) is 5. The lowest BCUT2D eigenvalue weighted by Gasteiger charge is -2.07. The van der Waals surface area contributed by atoms with E-state index in [1.54, 1.807) is 11.3 Å². The molecule has 0 unspecified atom stereocenters. The SMILES string of the molecule is O=C(CSCc1cccs1)Nc1cnccc1C(=O)O. The Morgan fingerprint density at radius 2 is 2.25 bits per heavy atom. The van der Waals surface area contributed by atoms with E-state index in [2.05, 4.69) is 10.3 Å². The van der Waals surface area contributed by atoms with E-state index >= 15 is 0 Å². The molecule has 7 heteroatoms. The third-order valence-electron chi connectivity index (χ3n) is 2.38. The zero-order valence-electron chi connectivity index (χ0n) is 10.4. The first kappa shape index (κ1) is 14.5. The average molecular weight is 308 g/mol. The van der Waals surface area contributed by atoms with Gasteiger partial charge in [0.1, 0.15) is 0 Å². The van der Waals surface area contributed by atoms with Crippen molar-refractivity contribution in [3.63, 3.8) is 0 Å². The van der Waals surface area contributed by atoms with Crippen molar-refractivity contribution >= 4 is 40.7 Å². The summed E-state index contributed by atoms with van der Waals surface area (Å²) in [6.07, 6.45) is 2.72. The van der Waals surface area contributed by atoms with Gasteiger partial charge in [-0.3, -0.25) is 9.78 Å². The molecule has 1 amide bonds. The summed E-state index contributed by atoms with van der Waals surface area (Å²) in [6, 6.07) is 5.34. The van der Waals surface area contributed by atoms with E-state index < -0.39 is 5.97 Å². The van der Waals surface area contributed by atoms with Crippen LogP contribution in [0.4, 0.5) is 5.69 Å². The number of thiophene rings is 1. The molecule has 0 radical (unpaired) electrons. The summed E-state index contributed by atoms with van der Waals surface area (Å²) in [5.74, 6) is -0.286. The zero-order chi connectivity index (χ0) is 14.4. The minimum atomic E-state index is -1.09. The number of carboxylic acid groups (broad SMARTS) is 1. The highest BCUT2D eigenvalue weighted by Crippen LogP contribution is 2.18. The van der Waals surface area contributed by atoms with Crippen LogP contribution in [0.2, 0.25) is 0 Å². The third-order valence-corrected chi connectivity index (χ3v) is 4.42. The van der Waals surface area contributed by atoms with Crippen molar-refractivity contribution in [2.75, 3.05) is 11.1 Å². The molecule has 0 spiro atoms. The summed E-state index contributed by atoms with van der Waals surface area (Å²) in [5.41, 5.74) is 0.262. The summed E-state index contributed by atoms with van der Waals surface area (Å²) >= 11 is 3.13. The van der Waals surface area contributed by atoms with E-state index in [-0.39, 0.29) is 22.9 Å². The molecule has 104 valence electrons. The fourth-order valence-corrected chi connectivity index (χ4v) is 3.17. The Morgan fingerprint density at radius 3 is 2.95 bits per heavy atom. The van der Waals surface area contributed by atoms with Crippen molar-refractivity contribution in [3.05, 3.63) is 46.4 Å². The molecule has 0 fully saturated rings. The molecule has 2 rings (SSSR count). The number of carboxylic acids is 1. The van der Waals surface area contributed by atoms with Crippen LogP contribution in [0.1, 0.15) is 15.2 Å². The highest BCUT2D eigenvalue weighted by atomic mass is 32.2. The smallest absolute Gasteiger partial charge is 0.337 e. The number of nitrogens with one attached hydrogen (secondary N) is 1. The monoisotopic (exact) mass is 308 g/mol. The molecule has 0 bridgehead atoms. The van der Waals surface area contributed by atoms with E-state index in [9.17, 15) is 9.59 Å². The molecule has 0 atom stereocenters. The second kappa shape index (κ2) is 7.06. The number of nitrogens with zero attached hydrogens (tertiary/aromatic N) is 1. The molecule has 5 nitrogen and oxygen atoms in total. The fraction of sp³-hybridized carbons (Fsp3) is 0.154. The van der Waals surface area contributed by atoms with Crippen LogP contribution in [0.3, 0.4) is 0 Å². The molecule has 2 aromatic heterocycles. The topological polar surface area (TPSA) is 79.3 Å². The van der Waals surface area contributed by atoms with Crippen LogP contribution in [0, 0.1) is 0 Å². The standard InChI is InChI=1S/C13H12N2O3S2/c16-12(8-19-7-9-2-1-5-20-9)15-11-6-14-4-3-10(11)13(17)18/h1-6H,7-8H2,(H,15,16)(H,17,18). The minimum Gasteiger partial charge on any atom is -0.478 e. The van der Waals surface area contributed by atoms with Crippen molar-refractivity contribution in [3.8, 4) is 0 Å². The summed E-state index contributed by atoms with van der Waals surface area (Å²) in [4.78, 5) is 27.8. The van der Waals surface area contributed by atoms with Gasteiger partial charge in [0.25, 0.3) is 0 Å². The predicted molar refractivity (Wildman–Crippen MR) is 80.3 cm³/mol. The number of carbonyl (C=O) groups is 2. The first-order valence-corrected chi connectivity index (χ1v) is 7.77. The van der Waals surface area contributed by atoms with Gasteiger partial charge in [0, 0.05) is 16.8 Å². The van der Waals surface area contributed by atoms with Crippen LogP contribution in [0.25, 0.3) is 0 Å². The van der Waals surface area contributed by atoms with Gasteiger partial charge >= 0.3 is 5.97 Å². The van der Waals surface area contributed by atoms with Crippen LogP contribution in [-0.2, 0) is 10.5 Å². The van der Waals surface area contributed by atoms with Gasteiger partial charge in [-0.1, -0.05) is 6.07 Å². The largest absolute Gasteiger partial charge is 0.478 e. The second-order valence-corrected chi connectivity index (χ2v) is 5.86. The van der Waals surface area contributed by atoms with Gasteiger partial charge in [-0.15, -0.1) is 23.1 Å². The maximum absolute atomic E-state index is 11.8. The molecule has 2 N–H and O–H groups in total. The molecule has 2 heterocycles. The van der Waals surface area contributed by atoms with Crippen LogP contribution in [0.15, 0.2) is 36.0 Å². The Balaban J connectivity index is 1.87. The van der Waals surface area contributed by atoms with Crippen LogP contribution < -0.4 is 5.32 Å².